The van der Waals surface area contributed by atoms with E-state index in [1.807, 2.05) is 0 Å². The van der Waals surface area contributed by atoms with Gasteiger partial charge in [-0.25, -0.2) is 9.48 Å². The minimum absolute atomic E-state index is 0.160. The number of alkyl halides is 3. The van der Waals surface area contributed by atoms with Crippen molar-refractivity contribution in [3.8, 4) is 0 Å². The number of carbonyl (C=O) groups is 2. The third-order valence-electron chi connectivity index (χ3n) is 2.94. The van der Waals surface area contributed by atoms with Crippen molar-refractivity contribution in [1.29, 1.82) is 0 Å². The van der Waals surface area contributed by atoms with E-state index in [0.717, 1.165) is 6.20 Å². The number of carbonyl (C=O) groups excluding carboxylic acids is 2. The van der Waals surface area contributed by atoms with E-state index < -0.39 is 36.9 Å². The summed E-state index contributed by atoms with van der Waals surface area (Å²) in [7, 11) is 0. The van der Waals surface area contributed by atoms with Crippen molar-refractivity contribution in [3.63, 3.8) is 0 Å². The van der Waals surface area contributed by atoms with Crippen LogP contribution in [0.15, 0.2) is 30.5 Å². The molecule has 1 aromatic heterocycles. The minimum Gasteiger partial charge on any atom is -0.454 e. The van der Waals surface area contributed by atoms with E-state index in [1.54, 1.807) is 12.1 Å². The maximum atomic E-state index is 12.3. The molecule has 128 valence electrons. The molecule has 0 radical (unpaired) electrons. The number of Topliss-reactive ketones (excluding diaryl/α,β-unsaturated/α-hetero) is 1. The number of nitrogen functional groups attached to an aromatic ring is 1. The van der Waals surface area contributed by atoms with Crippen molar-refractivity contribution in [1.82, 2.24) is 9.78 Å². The first-order valence-corrected chi connectivity index (χ1v) is 6.89. The van der Waals surface area contributed by atoms with Gasteiger partial charge in [0.25, 0.3) is 0 Å². The fourth-order valence-corrected chi connectivity index (χ4v) is 2.06. The van der Waals surface area contributed by atoms with Crippen molar-refractivity contribution >= 4 is 29.2 Å². The number of ether oxygens (including phenoxy) is 1. The lowest BCUT2D eigenvalue weighted by Gasteiger charge is -2.08. The molecule has 0 aliphatic rings. The normalized spacial score (nSPS) is 11.3. The molecule has 24 heavy (non-hydrogen) atoms. The molecule has 2 aromatic rings. The molecule has 0 spiro atoms. The van der Waals surface area contributed by atoms with Gasteiger partial charge in [0.05, 0.1) is 11.2 Å². The second-order valence-electron chi connectivity index (χ2n) is 4.70. The largest absolute Gasteiger partial charge is 0.454 e. The van der Waals surface area contributed by atoms with Crippen molar-refractivity contribution in [2.45, 2.75) is 12.7 Å². The summed E-state index contributed by atoms with van der Waals surface area (Å²) in [5, 5.41) is 3.58. The van der Waals surface area contributed by atoms with Gasteiger partial charge in [0, 0.05) is 5.56 Å². The first-order valence-electron chi connectivity index (χ1n) is 6.52. The lowest BCUT2D eigenvalue weighted by atomic mass is 10.1. The Bertz CT molecular complexity index is 774. The molecule has 10 heteroatoms. The molecule has 0 aliphatic carbocycles. The number of aromatic nitrogens is 2. The smallest absolute Gasteiger partial charge is 0.408 e. The van der Waals surface area contributed by atoms with Gasteiger partial charge in [0.15, 0.2) is 6.61 Å². The minimum atomic E-state index is -4.54. The Morgan fingerprint density at radius 3 is 2.54 bits per heavy atom. The lowest BCUT2D eigenvalue weighted by Crippen LogP contribution is -2.21. The van der Waals surface area contributed by atoms with Gasteiger partial charge in [-0.3, -0.25) is 4.79 Å². The average molecular weight is 362 g/mol. The highest BCUT2D eigenvalue weighted by atomic mass is 35.5. The van der Waals surface area contributed by atoms with Crippen LogP contribution in [0, 0.1) is 0 Å². The topological polar surface area (TPSA) is 87.2 Å². The highest BCUT2D eigenvalue weighted by Crippen LogP contribution is 2.21. The number of halogens is 4. The van der Waals surface area contributed by atoms with E-state index >= 15 is 0 Å². The third kappa shape index (κ3) is 4.25. The lowest BCUT2D eigenvalue weighted by molar-refractivity contribution is -0.142. The number of ketones is 1. The molecule has 0 fully saturated rings. The molecule has 1 heterocycles. The Labute approximate surface area is 138 Å². The van der Waals surface area contributed by atoms with Gasteiger partial charge < -0.3 is 10.5 Å². The van der Waals surface area contributed by atoms with Crippen LogP contribution in [0.1, 0.15) is 20.7 Å². The zero-order chi connectivity index (χ0) is 17.9. The predicted molar refractivity (Wildman–Crippen MR) is 78.8 cm³/mol. The summed E-state index contributed by atoms with van der Waals surface area (Å²) in [6.45, 7) is -2.07. The first-order chi connectivity index (χ1) is 11.2. The number of hydrogen-bond acceptors (Lipinski definition) is 5. The quantitative estimate of drug-likeness (QED) is 0.653. The van der Waals surface area contributed by atoms with Crippen LogP contribution in [0.4, 0.5) is 19.0 Å². The monoisotopic (exact) mass is 361 g/mol. The molecule has 0 bridgehead atoms. The SMILES string of the molecule is Nc1c(C(=O)OCC(=O)c2ccccc2Cl)cnn1CC(F)(F)F. The zero-order valence-electron chi connectivity index (χ0n) is 12.0. The Morgan fingerprint density at radius 2 is 1.92 bits per heavy atom. The van der Waals surface area contributed by atoms with Crippen LogP contribution in [0.2, 0.25) is 5.02 Å². The molecule has 6 nitrogen and oxygen atoms in total. The van der Waals surface area contributed by atoms with Gasteiger partial charge in [-0.05, 0) is 12.1 Å². The van der Waals surface area contributed by atoms with Crippen molar-refractivity contribution in [3.05, 3.63) is 46.6 Å². The number of benzene rings is 1. The maximum absolute atomic E-state index is 12.3. The van der Waals surface area contributed by atoms with Gasteiger partial charge in [0.1, 0.15) is 17.9 Å². The van der Waals surface area contributed by atoms with Crippen molar-refractivity contribution in [2.75, 3.05) is 12.3 Å². The molecule has 0 unspecified atom stereocenters. The first kappa shape index (κ1) is 17.8. The summed E-state index contributed by atoms with van der Waals surface area (Å²) >= 11 is 5.84. The van der Waals surface area contributed by atoms with Gasteiger partial charge in [-0.15, -0.1) is 0 Å². The number of rotatable bonds is 5. The fraction of sp³-hybridized carbons (Fsp3) is 0.214. The summed E-state index contributed by atoms with van der Waals surface area (Å²) in [4.78, 5) is 23.8. The number of nitrogens with zero attached hydrogens (tertiary/aromatic N) is 2. The molecule has 0 saturated heterocycles. The van der Waals surface area contributed by atoms with Crippen LogP contribution < -0.4 is 5.73 Å². The second kappa shape index (κ2) is 6.91. The van der Waals surface area contributed by atoms with Crippen LogP contribution in [0.3, 0.4) is 0 Å². The number of esters is 1. The van der Waals surface area contributed by atoms with Crippen LogP contribution in [-0.4, -0.2) is 34.3 Å². The standard InChI is InChI=1S/C14H11ClF3N3O3/c15-10-4-2-1-3-8(10)11(22)6-24-13(23)9-5-20-21(12(9)19)7-14(16,17)18/h1-5H,6-7,19H2. The summed E-state index contributed by atoms with van der Waals surface area (Å²) < 4.78 is 42.1. The van der Waals surface area contributed by atoms with E-state index in [9.17, 15) is 22.8 Å². The fourth-order valence-electron chi connectivity index (χ4n) is 1.82. The molecule has 0 amide bonds. The summed E-state index contributed by atoms with van der Waals surface area (Å²) in [6, 6.07) is 6.16. The predicted octanol–water partition coefficient (Wildman–Crippen LogP) is 2.72. The van der Waals surface area contributed by atoms with Gasteiger partial charge in [0.2, 0.25) is 5.78 Å². The molecule has 2 N–H and O–H groups in total. The van der Waals surface area contributed by atoms with Gasteiger partial charge in [-0.1, -0.05) is 23.7 Å². The molecular weight excluding hydrogens is 351 g/mol. The Hall–Kier alpha value is -2.55. The number of hydrogen-bond donors (Lipinski definition) is 1. The van der Waals surface area contributed by atoms with Crippen molar-refractivity contribution in [2.24, 2.45) is 0 Å². The Balaban J connectivity index is 2.03. The highest BCUT2D eigenvalue weighted by molar-refractivity contribution is 6.34. The van der Waals surface area contributed by atoms with Crippen LogP contribution >= 0.6 is 11.6 Å². The van der Waals surface area contributed by atoms with Gasteiger partial charge in [-0.2, -0.15) is 18.3 Å². The van der Waals surface area contributed by atoms with E-state index in [2.05, 4.69) is 5.10 Å². The van der Waals surface area contributed by atoms with E-state index in [-0.39, 0.29) is 16.1 Å². The molecular formula is C14H11ClF3N3O3. The molecule has 2 rings (SSSR count). The zero-order valence-corrected chi connectivity index (χ0v) is 12.8. The molecule has 1 aromatic carbocycles. The third-order valence-corrected chi connectivity index (χ3v) is 3.27. The maximum Gasteiger partial charge on any atom is 0.408 e. The van der Waals surface area contributed by atoms with Crippen LogP contribution in [0.25, 0.3) is 0 Å². The Morgan fingerprint density at radius 1 is 1.25 bits per heavy atom. The van der Waals surface area contributed by atoms with Crippen molar-refractivity contribution < 1.29 is 27.5 Å². The van der Waals surface area contributed by atoms with E-state index in [1.165, 1.54) is 12.1 Å². The number of anilines is 1. The number of nitrogens with two attached hydrogens (primary N) is 1. The van der Waals surface area contributed by atoms with Crippen LogP contribution in [-0.2, 0) is 11.3 Å². The Kier molecular flexibility index (Phi) is 5.13. The van der Waals surface area contributed by atoms with E-state index in [0.29, 0.717) is 4.68 Å². The van der Waals surface area contributed by atoms with Crippen LogP contribution in [0.5, 0.6) is 0 Å². The summed E-state index contributed by atoms with van der Waals surface area (Å²) in [6.07, 6.45) is -3.69. The highest BCUT2D eigenvalue weighted by Gasteiger charge is 2.30. The molecule has 0 atom stereocenters. The van der Waals surface area contributed by atoms with Gasteiger partial charge >= 0.3 is 12.1 Å². The summed E-state index contributed by atoms with van der Waals surface area (Å²) in [5.41, 5.74) is 5.25. The van der Waals surface area contributed by atoms with E-state index in [4.69, 9.17) is 22.1 Å². The molecule has 0 aliphatic heterocycles. The summed E-state index contributed by atoms with van der Waals surface area (Å²) in [5.74, 6) is -2.11. The second-order valence-corrected chi connectivity index (χ2v) is 5.10. The average Bonchev–Trinajstić information content (AvgIpc) is 2.84. The molecule has 0 saturated carbocycles.